The van der Waals surface area contributed by atoms with Crippen molar-refractivity contribution in [2.24, 2.45) is 5.92 Å². The Morgan fingerprint density at radius 1 is 0.829 bits per heavy atom. The van der Waals surface area contributed by atoms with Crippen molar-refractivity contribution in [3.05, 3.63) is 136 Å². The Bertz CT molecular complexity index is 1790. The third-order valence-electron chi connectivity index (χ3n) is 8.91. The number of nitrogens with one attached hydrogen (secondary N) is 1. The second-order valence-electron chi connectivity index (χ2n) is 11.1. The number of benzene rings is 4. The molecule has 41 heavy (non-hydrogen) atoms. The van der Waals surface area contributed by atoms with E-state index < -0.39 is 23.4 Å². The highest BCUT2D eigenvalue weighted by molar-refractivity contribution is 6.34. The molecule has 1 amide bonds. The van der Waals surface area contributed by atoms with Crippen molar-refractivity contribution in [2.45, 2.75) is 31.3 Å². The van der Waals surface area contributed by atoms with Gasteiger partial charge in [0.05, 0.1) is 17.0 Å². The highest BCUT2D eigenvalue weighted by atomic mass is 35.5. The van der Waals surface area contributed by atoms with Gasteiger partial charge >= 0.3 is 0 Å². The van der Waals surface area contributed by atoms with Gasteiger partial charge < -0.3 is 10.2 Å². The third kappa shape index (κ3) is 3.52. The molecule has 4 aromatic carbocycles. The van der Waals surface area contributed by atoms with Gasteiger partial charge in [0.1, 0.15) is 11.5 Å². The molecule has 7 rings (SSSR count). The maximum absolute atomic E-state index is 14.8. The van der Waals surface area contributed by atoms with E-state index in [2.05, 4.69) is 11.4 Å². The maximum atomic E-state index is 14.8. The number of carbonyl (C=O) groups excluding carboxylic acids is 3. The van der Waals surface area contributed by atoms with E-state index in [1.165, 1.54) is 0 Å². The number of rotatable bonds is 4. The fraction of sp³-hybridized carbons (Fsp3) is 0.171. The Hall–Kier alpha value is -4.48. The summed E-state index contributed by atoms with van der Waals surface area (Å²) < 4.78 is 0. The van der Waals surface area contributed by atoms with Crippen LogP contribution in [0, 0.1) is 12.8 Å². The standard InChI is InChI=1S/C35H27ClN2O3/c1-20-15-17-22(18-16-20)32(39)30-31(33(40)24-10-3-6-12-26(24)36)38-28-14-8-4-9-23(28)21(2)19-29(38)35(30)25-11-5-7-13-27(25)37-34(35)41/h3-19,29-31H,1-2H3,(H,37,41). The van der Waals surface area contributed by atoms with E-state index in [0.717, 1.165) is 28.0 Å². The predicted octanol–water partition coefficient (Wildman–Crippen LogP) is 6.89. The summed E-state index contributed by atoms with van der Waals surface area (Å²) in [5.41, 5.74) is 4.61. The lowest BCUT2D eigenvalue weighted by Crippen LogP contribution is -2.51. The van der Waals surface area contributed by atoms with Crippen molar-refractivity contribution >= 4 is 46.0 Å². The zero-order chi connectivity index (χ0) is 28.5. The van der Waals surface area contributed by atoms with Gasteiger partial charge in [0.25, 0.3) is 0 Å². The number of anilines is 2. The molecular weight excluding hydrogens is 532 g/mol. The lowest BCUT2D eigenvalue weighted by atomic mass is 9.64. The average Bonchev–Trinajstić information content (AvgIpc) is 3.45. The van der Waals surface area contributed by atoms with Gasteiger partial charge in [0.15, 0.2) is 11.6 Å². The molecule has 0 saturated carbocycles. The van der Waals surface area contributed by atoms with Gasteiger partial charge in [-0.3, -0.25) is 14.4 Å². The Balaban J connectivity index is 1.57. The highest BCUT2D eigenvalue weighted by Crippen LogP contribution is 2.59. The minimum atomic E-state index is -1.35. The predicted molar refractivity (Wildman–Crippen MR) is 162 cm³/mol. The van der Waals surface area contributed by atoms with Crippen LogP contribution < -0.4 is 10.2 Å². The summed E-state index contributed by atoms with van der Waals surface area (Å²) in [5.74, 6) is -1.85. The van der Waals surface area contributed by atoms with Gasteiger partial charge in [-0.15, -0.1) is 0 Å². The number of hydrogen-bond acceptors (Lipinski definition) is 4. The Morgan fingerprint density at radius 2 is 1.51 bits per heavy atom. The molecule has 3 aliphatic rings. The first-order valence-corrected chi connectivity index (χ1v) is 14.1. The van der Waals surface area contributed by atoms with Crippen LogP contribution >= 0.6 is 11.6 Å². The van der Waals surface area contributed by atoms with Gasteiger partial charge in [0, 0.05) is 28.1 Å². The number of ketones is 2. The van der Waals surface area contributed by atoms with Crippen LogP contribution in [-0.2, 0) is 10.2 Å². The smallest absolute Gasteiger partial charge is 0.238 e. The summed E-state index contributed by atoms with van der Waals surface area (Å²) in [6.45, 7) is 3.98. The molecule has 1 saturated heterocycles. The summed E-state index contributed by atoms with van der Waals surface area (Å²) in [4.78, 5) is 46.0. The topological polar surface area (TPSA) is 66.5 Å². The first-order chi connectivity index (χ1) is 19.8. The highest BCUT2D eigenvalue weighted by Gasteiger charge is 2.70. The van der Waals surface area contributed by atoms with Gasteiger partial charge in [-0.1, -0.05) is 96.0 Å². The minimum absolute atomic E-state index is 0.250. The molecule has 3 aliphatic heterocycles. The molecule has 0 radical (unpaired) electrons. The fourth-order valence-electron chi connectivity index (χ4n) is 7.11. The van der Waals surface area contributed by atoms with E-state index >= 15 is 0 Å². The van der Waals surface area contributed by atoms with Crippen LogP contribution in [0.2, 0.25) is 5.02 Å². The average molecular weight is 559 g/mol. The SMILES string of the molecule is CC1=CC2N(c3ccccc31)C(C(=O)c1ccccc1Cl)C(C(=O)c1ccc(C)cc1)C21C(=O)Nc2ccccc21. The fourth-order valence-corrected chi connectivity index (χ4v) is 7.33. The van der Waals surface area contributed by atoms with Crippen LogP contribution in [0.4, 0.5) is 11.4 Å². The van der Waals surface area contributed by atoms with Crippen molar-refractivity contribution in [3.8, 4) is 0 Å². The first-order valence-electron chi connectivity index (χ1n) is 13.7. The summed E-state index contributed by atoms with van der Waals surface area (Å²) in [6, 6.07) is 28.1. The Labute approximate surface area is 243 Å². The van der Waals surface area contributed by atoms with Crippen LogP contribution in [0.15, 0.2) is 103 Å². The van der Waals surface area contributed by atoms with E-state index in [1.807, 2.05) is 79.4 Å². The Kier molecular flexibility index (Phi) is 5.77. The van der Waals surface area contributed by atoms with Gasteiger partial charge in [0.2, 0.25) is 5.91 Å². The maximum Gasteiger partial charge on any atom is 0.238 e. The molecule has 0 aliphatic carbocycles. The molecule has 0 bridgehead atoms. The van der Waals surface area contributed by atoms with Crippen molar-refractivity contribution in [3.63, 3.8) is 0 Å². The molecule has 4 unspecified atom stereocenters. The molecule has 202 valence electrons. The van der Waals surface area contributed by atoms with Crippen LogP contribution in [0.5, 0.6) is 0 Å². The van der Waals surface area contributed by atoms with E-state index in [-0.39, 0.29) is 17.5 Å². The first kappa shape index (κ1) is 25.5. The number of hydrogen-bond donors (Lipinski definition) is 1. The number of amides is 1. The summed E-state index contributed by atoms with van der Waals surface area (Å²) in [5, 5.41) is 3.38. The second-order valence-corrected chi connectivity index (χ2v) is 11.5. The molecule has 1 fully saturated rings. The lowest BCUT2D eigenvalue weighted by Gasteiger charge is -2.39. The number of fused-ring (bicyclic) bond motifs is 6. The van der Waals surface area contributed by atoms with Crippen molar-refractivity contribution < 1.29 is 14.4 Å². The molecule has 4 atom stereocenters. The van der Waals surface area contributed by atoms with Crippen molar-refractivity contribution in [1.29, 1.82) is 0 Å². The third-order valence-corrected chi connectivity index (χ3v) is 9.24. The summed E-state index contributed by atoms with van der Waals surface area (Å²) in [7, 11) is 0. The number of aryl methyl sites for hydroxylation is 1. The normalized spacial score (nSPS) is 23.9. The van der Waals surface area contributed by atoms with Crippen molar-refractivity contribution in [2.75, 3.05) is 10.2 Å². The second kappa shape index (κ2) is 9.28. The van der Waals surface area contributed by atoms with Crippen molar-refractivity contribution in [1.82, 2.24) is 0 Å². The molecule has 4 aromatic rings. The Morgan fingerprint density at radius 3 is 2.29 bits per heavy atom. The van der Waals surface area contributed by atoms with Crippen LogP contribution in [0.3, 0.4) is 0 Å². The van der Waals surface area contributed by atoms with Crippen LogP contribution in [0.25, 0.3) is 5.57 Å². The van der Waals surface area contributed by atoms with Gasteiger partial charge in [-0.2, -0.15) is 0 Å². The number of nitrogens with zero attached hydrogens (tertiary/aromatic N) is 1. The lowest BCUT2D eigenvalue weighted by molar-refractivity contribution is -0.121. The van der Waals surface area contributed by atoms with Gasteiger partial charge in [-0.25, -0.2) is 0 Å². The molecule has 5 nitrogen and oxygen atoms in total. The minimum Gasteiger partial charge on any atom is -0.352 e. The van der Waals surface area contributed by atoms with E-state index in [4.69, 9.17) is 11.6 Å². The number of allylic oxidation sites excluding steroid dienone is 1. The largest absolute Gasteiger partial charge is 0.352 e. The summed E-state index contributed by atoms with van der Waals surface area (Å²) >= 11 is 6.60. The molecule has 1 N–H and O–H groups in total. The summed E-state index contributed by atoms with van der Waals surface area (Å²) in [6.07, 6.45) is 2.05. The molecule has 0 aromatic heterocycles. The zero-order valence-corrected chi connectivity index (χ0v) is 23.4. The number of para-hydroxylation sites is 2. The quantitative estimate of drug-likeness (QED) is 0.277. The number of Topliss-reactive ketones (excluding diaryl/α,β-unsaturated/α-hetero) is 2. The number of carbonyl (C=O) groups is 3. The molecular formula is C35H27ClN2O3. The van der Waals surface area contributed by atoms with E-state index in [0.29, 0.717) is 21.8 Å². The molecule has 1 spiro atoms. The molecule has 3 heterocycles. The monoisotopic (exact) mass is 558 g/mol. The number of halogens is 1. The van der Waals surface area contributed by atoms with Crippen LogP contribution in [0.1, 0.15) is 44.3 Å². The molecule has 6 heteroatoms. The van der Waals surface area contributed by atoms with Gasteiger partial charge in [-0.05, 0) is 49.2 Å². The van der Waals surface area contributed by atoms with E-state index in [1.54, 1.807) is 36.4 Å². The van der Waals surface area contributed by atoms with Crippen LogP contribution in [-0.4, -0.2) is 29.6 Å². The van der Waals surface area contributed by atoms with E-state index in [9.17, 15) is 14.4 Å². The zero-order valence-electron chi connectivity index (χ0n) is 22.6.